The molecule has 0 N–H and O–H groups in total. The average Bonchev–Trinajstić information content (AvgIpc) is 2.68. The molecule has 27 heavy (non-hydrogen) atoms. The summed E-state index contributed by atoms with van der Waals surface area (Å²) in [6.45, 7) is 6.45. The fraction of sp³-hybridized carbons (Fsp3) is 0.650. The molecule has 2 aliphatic rings. The van der Waals surface area contributed by atoms with Crippen molar-refractivity contribution in [3.8, 4) is 5.75 Å². The summed E-state index contributed by atoms with van der Waals surface area (Å²) >= 11 is 12.1. The molecule has 2 saturated heterocycles. The molecule has 1 aromatic carbocycles. The minimum absolute atomic E-state index is 0.219. The maximum absolute atomic E-state index is 12.5. The van der Waals surface area contributed by atoms with E-state index in [1.54, 1.807) is 18.2 Å². The van der Waals surface area contributed by atoms with Crippen LogP contribution in [0.1, 0.15) is 25.7 Å². The van der Waals surface area contributed by atoms with Crippen LogP contribution >= 0.6 is 23.2 Å². The molecular weight excluding hydrogens is 385 g/mol. The molecule has 1 amide bonds. The number of likely N-dealkylation sites (tertiary alicyclic amines) is 1. The zero-order chi connectivity index (χ0) is 19.2. The lowest BCUT2D eigenvalue weighted by atomic mass is 10.0. The summed E-state index contributed by atoms with van der Waals surface area (Å²) in [7, 11) is 2.20. The van der Waals surface area contributed by atoms with Gasteiger partial charge in [-0.25, -0.2) is 0 Å². The highest BCUT2D eigenvalue weighted by Gasteiger charge is 2.28. The van der Waals surface area contributed by atoms with Crippen molar-refractivity contribution in [1.82, 2.24) is 14.7 Å². The maximum atomic E-state index is 12.5. The third kappa shape index (κ3) is 5.74. The third-order valence-electron chi connectivity index (χ3n) is 5.49. The highest BCUT2D eigenvalue weighted by molar-refractivity contribution is 6.42. The number of halogens is 2. The molecule has 0 bridgehead atoms. The van der Waals surface area contributed by atoms with Crippen LogP contribution in [0.3, 0.4) is 0 Å². The number of likely N-dealkylation sites (N-methyl/N-ethyl adjacent to an activating group) is 1. The highest BCUT2D eigenvalue weighted by Crippen LogP contribution is 2.31. The van der Waals surface area contributed by atoms with E-state index in [0.717, 1.165) is 32.7 Å². The lowest BCUT2D eigenvalue weighted by Crippen LogP contribution is -2.55. The van der Waals surface area contributed by atoms with Crippen molar-refractivity contribution in [1.29, 1.82) is 0 Å². The summed E-state index contributed by atoms with van der Waals surface area (Å²) in [5, 5.41) is 0.905. The fourth-order valence-corrected chi connectivity index (χ4v) is 4.28. The van der Waals surface area contributed by atoms with E-state index in [-0.39, 0.29) is 5.91 Å². The zero-order valence-corrected chi connectivity index (χ0v) is 17.5. The molecule has 0 spiro atoms. The fourth-order valence-electron chi connectivity index (χ4n) is 3.93. The Bertz CT molecular complexity index is 636. The molecular formula is C20H29Cl2N3O2. The van der Waals surface area contributed by atoms with E-state index in [2.05, 4.69) is 16.8 Å². The highest BCUT2D eigenvalue weighted by atomic mass is 35.5. The van der Waals surface area contributed by atoms with Gasteiger partial charge in [0.15, 0.2) is 0 Å². The Hall–Kier alpha value is -1.01. The number of benzene rings is 1. The summed E-state index contributed by atoms with van der Waals surface area (Å²) in [6.07, 6.45) is 3.73. The van der Waals surface area contributed by atoms with E-state index in [1.165, 1.54) is 19.4 Å². The number of carbonyl (C=O) groups is 1. The smallest absolute Gasteiger partial charge is 0.222 e. The number of hydrogen-bond donors (Lipinski definition) is 0. The molecule has 1 unspecified atom stereocenters. The first-order valence-corrected chi connectivity index (χ1v) is 10.6. The van der Waals surface area contributed by atoms with Crippen LogP contribution in [0, 0.1) is 0 Å². The minimum atomic E-state index is 0.219. The Labute approximate surface area is 172 Å². The topological polar surface area (TPSA) is 36.0 Å². The van der Waals surface area contributed by atoms with E-state index in [1.807, 2.05) is 4.90 Å². The number of carbonyl (C=O) groups excluding carboxylic acids is 1. The standard InChI is InChI=1S/C20H29Cl2N3O2/c1-23-9-3-5-16(15-23)24-10-12-25(13-11-24)19(26)8-4-14-27-18-7-2-6-17(21)20(18)22/h2,6-7,16H,3-5,8-15H2,1H3. The van der Waals surface area contributed by atoms with Gasteiger partial charge in [0.2, 0.25) is 5.91 Å². The van der Waals surface area contributed by atoms with Crippen LogP contribution < -0.4 is 4.74 Å². The second-order valence-corrected chi connectivity index (χ2v) is 8.26. The molecule has 3 rings (SSSR count). The Morgan fingerprint density at radius 2 is 1.96 bits per heavy atom. The van der Waals surface area contributed by atoms with Crippen LogP contribution in [0.25, 0.3) is 0 Å². The predicted octanol–water partition coefficient (Wildman–Crippen LogP) is 3.39. The quantitative estimate of drug-likeness (QED) is 0.669. The molecule has 1 atom stereocenters. The third-order valence-corrected chi connectivity index (χ3v) is 6.29. The largest absolute Gasteiger partial charge is 0.492 e. The van der Waals surface area contributed by atoms with Crippen molar-refractivity contribution in [3.05, 3.63) is 28.2 Å². The summed E-state index contributed by atoms with van der Waals surface area (Å²) in [4.78, 5) is 19.4. The van der Waals surface area contributed by atoms with Gasteiger partial charge in [0.1, 0.15) is 10.8 Å². The monoisotopic (exact) mass is 413 g/mol. The van der Waals surface area contributed by atoms with E-state index >= 15 is 0 Å². The Kier molecular flexibility index (Phi) is 7.65. The first-order chi connectivity index (χ1) is 13.0. The van der Waals surface area contributed by atoms with Crippen molar-refractivity contribution >= 4 is 29.1 Å². The molecule has 0 aliphatic carbocycles. The lowest BCUT2D eigenvalue weighted by Gasteiger charge is -2.42. The Morgan fingerprint density at radius 3 is 2.70 bits per heavy atom. The van der Waals surface area contributed by atoms with Crippen molar-refractivity contribution in [3.63, 3.8) is 0 Å². The first-order valence-electron chi connectivity index (χ1n) is 9.82. The van der Waals surface area contributed by atoms with Gasteiger partial charge in [-0.05, 0) is 45.0 Å². The van der Waals surface area contributed by atoms with Crippen LogP contribution in [-0.2, 0) is 4.79 Å². The van der Waals surface area contributed by atoms with Gasteiger partial charge in [0.05, 0.1) is 11.6 Å². The molecule has 2 aliphatic heterocycles. The number of ether oxygens (including phenoxy) is 1. The number of nitrogens with zero attached hydrogens (tertiary/aromatic N) is 3. The normalized spacial score (nSPS) is 22.0. The summed E-state index contributed by atoms with van der Waals surface area (Å²) in [5.74, 6) is 0.791. The van der Waals surface area contributed by atoms with Crippen LogP contribution in [0.2, 0.25) is 10.0 Å². The zero-order valence-electron chi connectivity index (χ0n) is 16.0. The van der Waals surface area contributed by atoms with E-state index in [9.17, 15) is 4.79 Å². The second kappa shape index (κ2) is 9.97. The van der Waals surface area contributed by atoms with E-state index in [4.69, 9.17) is 27.9 Å². The molecule has 2 fully saturated rings. The van der Waals surface area contributed by atoms with E-state index < -0.39 is 0 Å². The van der Waals surface area contributed by atoms with Gasteiger partial charge in [-0.15, -0.1) is 0 Å². The van der Waals surface area contributed by atoms with E-state index in [0.29, 0.717) is 41.3 Å². The van der Waals surface area contributed by atoms with Gasteiger partial charge in [-0.3, -0.25) is 9.69 Å². The lowest BCUT2D eigenvalue weighted by molar-refractivity contribution is -0.133. The number of piperidine rings is 1. The molecule has 150 valence electrons. The number of piperazine rings is 1. The predicted molar refractivity (Wildman–Crippen MR) is 110 cm³/mol. The van der Waals surface area contributed by atoms with Crippen LogP contribution in [0.4, 0.5) is 0 Å². The molecule has 0 saturated carbocycles. The molecule has 0 aromatic heterocycles. The average molecular weight is 414 g/mol. The van der Waals surface area contributed by atoms with Gasteiger partial charge in [-0.1, -0.05) is 29.3 Å². The van der Waals surface area contributed by atoms with Crippen LogP contribution in [0.5, 0.6) is 5.75 Å². The molecule has 0 radical (unpaired) electrons. The van der Waals surface area contributed by atoms with Gasteiger partial charge in [0, 0.05) is 45.2 Å². The summed E-state index contributed by atoms with van der Waals surface area (Å²) in [6, 6.07) is 5.97. The van der Waals surface area contributed by atoms with Gasteiger partial charge in [0.25, 0.3) is 0 Å². The number of hydrogen-bond acceptors (Lipinski definition) is 4. The molecule has 2 heterocycles. The second-order valence-electron chi connectivity index (χ2n) is 7.48. The SMILES string of the molecule is CN1CCCC(N2CCN(C(=O)CCCOc3cccc(Cl)c3Cl)CC2)C1. The van der Waals surface area contributed by atoms with Gasteiger partial charge >= 0.3 is 0 Å². The molecule has 5 nitrogen and oxygen atoms in total. The van der Waals surface area contributed by atoms with Crippen molar-refractivity contribution < 1.29 is 9.53 Å². The van der Waals surface area contributed by atoms with Gasteiger partial charge in [-0.2, -0.15) is 0 Å². The van der Waals surface area contributed by atoms with Crippen molar-refractivity contribution in [2.45, 2.75) is 31.7 Å². The number of amides is 1. The molecule has 7 heteroatoms. The van der Waals surface area contributed by atoms with Crippen LogP contribution in [-0.4, -0.2) is 79.6 Å². The first kappa shape index (κ1) is 20.7. The summed E-state index contributed by atoms with van der Waals surface area (Å²) < 4.78 is 5.66. The maximum Gasteiger partial charge on any atom is 0.222 e. The van der Waals surface area contributed by atoms with Crippen LogP contribution in [0.15, 0.2) is 18.2 Å². The van der Waals surface area contributed by atoms with Gasteiger partial charge < -0.3 is 14.5 Å². The Morgan fingerprint density at radius 1 is 1.19 bits per heavy atom. The van der Waals surface area contributed by atoms with Crippen molar-refractivity contribution in [2.75, 3.05) is 52.9 Å². The summed E-state index contributed by atoms with van der Waals surface area (Å²) in [5.41, 5.74) is 0. The number of rotatable bonds is 6. The minimum Gasteiger partial charge on any atom is -0.492 e. The molecule has 1 aromatic rings. The Balaban J connectivity index is 1.35. The van der Waals surface area contributed by atoms with Crippen molar-refractivity contribution in [2.24, 2.45) is 0 Å².